The lowest BCUT2D eigenvalue weighted by Gasteiger charge is -2.05. The van der Waals surface area contributed by atoms with E-state index in [-0.39, 0.29) is 22.9 Å². The second-order valence-corrected chi connectivity index (χ2v) is 5.22. The van der Waals surface area contributed by atoms with Gasteiger partial charge in [0, 0.05) is 32.4 Å². The summed E-state index contributed by atoms with van der Waals surface area (Å²) < 4.78 is 3.93. The number of hydrogen-bond donors (Lipinski definition) is 1. The van der Waals surface area contributed by atoms with Gasteiger partial charge in [0.15, 0.2) is 5.65 Å². The molecule has 0 fully saturated rings. The summed E-state index contributed by atoms with van der Waals surface area (Å²) in [7, 11) is 1.48. The summed E-state index contributed by atoms with van der Waals surface area (Å²) >= 11 is 0. The van der Waals surface area contributed by atoms with E-state index in [1.54, 1.807) is 18.3 Å². The Hall–Kier alpha value is -3.23. The van der Waals surface area contributed by atoms with Crippen molar-refractivity contribution < 1.29 is 4.79 Å². The molecule has 0 spiro atoms. The normalized spacial score (nSPS) is 10.9. The molecular weight excluding hydrogens is 312 g/mol. The van der Waals surface area contributed by atoms with Crippen LogP contribution in [0.4, 0.5) is 0 Å². The molecule has 1 amide bonds. The highest BCUT2D eigenvalue weighted by atomic mass is 16.2. The first-order chi connectivity index (χ1) is 11.6. The number of fused-ring (bicyclic) bond motifs is 1. The summed E-state index contributed by atoms with van der Waals surface area (Å²) in [6.45, 7) is 0.755. The summed E-state index contributed by atoms with van der Waals surface area (Å²) in [6.07, 6.45) is 2.20. The van der Waals surface area contributed by atoms with Gasteiger partial charge in [0.25, 0.3) is 11.5 Å². The Morgan fingerprint density at radius 2 is 2.00 bits per heavy atom. The van der Waals surface area contributed by atoms with Gasteiger partial charge in [-0.1, -0.05) is 6.07 Å². The smallest absolute Gasteiger partial charge is 0.350 e. The minimum absolute atomic E-state index is 0.169. The molecule has 0 saturated heterocycles. The van der Waals surface area contributed by atoms with Crippen molar-refractivity contribution >= 4 is 11.6 Å². The molecule has 0 radical (unpaired) electrons. The van der Waals surface area contributed by atoms with Crippen molar-refractivity contribution in [3.63, 3.8) is 0 Å². The van der Waals surface area contributed by atoms with Gasteiger partial charge in [-0.3, -0.25) is 14.0 Å². The zero-order chi connectivity index (χ0) is 17.1. The topological polar surface area (TPSA) is 103 Å². The number of carbonyl (C=O) groups excluding carboxylic acids is 1. The van der Waals surface area contributed by atoms with Crippen molar-refractivity contribution in [2.45, 2.75) is 13.0 Å². The van der Waals surface area contributed by atoms with Crippen molar-refractivity contribution in [2.75, 3.05) is 6.54 Å². The van der Waals surface area contributed by atoms with Crippen LogP contribution in [0.5, 0.6) is 0 Å². The molecule has 0 aliphatic rings. The SMILES string of the molecule is Cn1nc(C(=O)NCCCn2nc3ccccn3c2=O)ccc1=O. The van der Waals surface area contributed by atoms with Gasteiger partial charge in [0.05, 0.1) is 0 Å². The highest BCUT2D eigenvalue weighted by Gasteiger charge is 2.09. The van der Waals surface area contributed by atoms with Crippen molar-refractivity contribution in [3.05, 3.63) is 63.1 Å². The van der Waals surface area contributed by atoms with E-state index < -0.39 is 0 Å². The first kappa shape index (κ1) is 15.7. The summed E-state index contributed by atoms with van der Waals surface area (Å²) in [5, 5.41) is 10.8. The van der Waals surface area contributed by atoms with E-state index in [0.29, 0.717) is 25.2 Å². The minimum Gasteiger partial charge on any atom is -0.351 e. The molecule has 0 atom stereocenters. The van der Waals surface area contributed by atoms with E-state index in [0.717, 1.165) is 4.68 Å². The van der Waals surface area contributed by atoms with Crippen LogP contribution in [0.2, 0.25) is 0 Å². The van der Waals surface area contributed by atoms with E-state index >= 15 is 0 Å². The number of hydrogen-bond acceptors (Lipinski definition) is 5. The van der Waals surface area contributed by atoms with Gasteiger partial charge in [-0.25, -0.2) is 14.2 Å². The number of rotatable bonds is 5. The zero-order valence-electron chi connectivity index (χ0n) is 13.0. The fraction of sp³-hybridized carbons (Fsp3) is 0.267. The molecule has 3 heterocycles. The lowest BCUT2D eigenvalue weighted by atomic mass is 10.3. The van der Waals surface area contributed by atoms with Gasteiger partial charge in [-0.2, -0.15) is 5.10 Å². The van der Waals surface area contributed by atoms with Crippen molar-refractivity contribution in [1.82, 2.24) is 29.3 Å². The van der Waals surface area contributed by atoms with Crippen LogP contribution in [0, 0.1) is 0 Å². The van der Waals surface area contributed by atoms with Gasteiger partial charge < -0.3 is 5.32 Å². The Kier molecular flexibility index (Phi) is 4.23. The second-order valence-electron chi connectivity index (χ2n) is 5.22. The Labute approximate surface area is 136 Å². The number of carbonyl (C=O) groups is 1. The third-order valence-electron chi connectivity index (χ3n) is 3.51. The molecule has 0 aliphatic heterocycles. The van der Waals surface area contributed by atoms with Crippen LogP contribution in [-0.2, 0) is 13.6 Å². The molecule has 0 unspecified atom stereocenters. The number of amides is 1. The average molecular weight is 328 g/mol. The lowest BCUT2D eigenvalue weighted by molar-refractivity contribution is 0.0945. The average Bonchev–Trinajstić information content (AvgIpc) is 2.90. The van der Waals surface area contributed by atoms with Crippen LogP contribution < -0.4 is 16.6 Å². The third kappa shape index (κ3) is 3.09. The number of pyridine rings is 1. The minimum atomic E-state index is -0.368. The highest BCUT2D eigenvalue weighted by Crippen LogP contribution is 1.96. The van der Waals surface area contributed by atoms with Crippen LogP contribution in [0.3, 0.4) is 0 Å². The van der Waals surface area contributed by atoms with E-state index in [1.165, 1.54) is 28.3 Å². The summed E-state index contributed by atoms with van der Waals surface area (Å²) in [6, 6.07) is 8.00. The van der Waals surface area contributed by atoms with Crippen LogP contribution in [0.1, 0.15) is 16.9 Å². The fourth-order valence-corrected chi connectivity index (χ4v) is 2.26. The molecule has 0 saturated carbocycles. The molecule has 0 aromatic carbocycles. The Morgan fingerprint density at radius 1 is 1.17 bits per heavy atom. The Morgan fingerprint density at radius 3 is 2.75 bits per heavy atom. The number of aromatic nitrogens is 5. The maximum atomic E-state index is 12.1. The first-order valence-corrected chi connectivity index (χ1v) is 7.43. The molecule has 3 aromatic rings. The van der Waals surface area contributed by atoms with E-state index in [9.17, 15) is 14.4 Å². The third-order valence-corrected chi connectivity index (χ3v) is 3.51. The molecule has 1 N–H and O–H groups in total. The van der Waals surface area contributed by atoms with Crippen LogP contribution >= 0.6 is 0 Å². The van der Waals surface area contributed by atoms with E-state index in [4.69, 9.17) is 0 Å². The van der Waals surface area contributed by atoms with Gasteiger partial charge in [-0.05, 0) is 24.6 Å². The number of nitrogens with zero attached hydrogens (tertiary/aromatic N) is 5. The van der Waals surface area contributed by atoms with Gasteiger partial charge in [0.2, 0.25) is 0 Å². The zero-order valence-corrected chi connectivity index (χ0v) is 13.0. The Balaban J connectivity index is 1.57. The fourth-order valence-electron chi connectivity index (χ4n) is 2.26. The summed E-state index contributed by atoms with van der Waals surface area (Å²) in [5.74, 6) is -0.368. The summed E-state index contributed by atoms with van der Waals surface area (Å²) in [4.78, 5) is 35.3. The molecule has 24 heavy (non-hydrogen) atoms. The van der Waals surface area contributed by atoms with Crippen LogP contribution in [0.15, 0.2) is 46.1 Å². The maximum absolute atomic E-state index is 12.1. The van der Waals surface area contributed by atoms with Crippen molar-refractivity contribution in [1.29, 1.82) is 0 Å². The van der Waals surface area contributed by atoms with Gasteiger partial charge in [0.1, 0.15) is 5.69 Å². The molecule has 9 heteroatoms. The van der Waals surface area contributed by atoms with Crippen LogP contribution in [0.25, 0.3) is 5.65 Å². The van der Waals surface area contributed by atoms with Gasteiger partial charge in [-0.15, -0.1) is 5.10 Å². The lowest BCUT2D eigenvalue weighted by Crippen LogP contribution is -2.30. The summed E-state index contributed by atoms with van der Waals surface area (Å²) in [5.41, 5.74) is 0.261. The Bertz CT molecular complexity index is 1000. The molecule has 3 aromatic heterocycles. The quantitative estimate of drug-likeness (QED) is 0.631. The molecule has 0 bridgehead atoms. The number of nitrogens with one attached hydrogen (secondary N) is 1. The molecule has 3 rings (SSSR count). The molecule has 124 valence electrons. The largest absolute Gasteiger partial charge is 0.351 e. The second kappa shape index (κ2) is 6.49. The first-order valence-electron chi connectivity index (χ1n) is 7.43. The van der Waals surface area contributed by atoms with Crippen LogP contribution in [-0.4, -0.2) is 36.4 Å². The standard InChI is InChI=1S/C15H16N6O3/c1-19-13(22)7-6-11(17-19)14(23)16-8-4-10-21-15(24)20-9-3-2-5-12(20)18-21/h2-3,5-7,9H,4,8,10H2,1H3,(H,16,23). The van der Waals surface area contributed by atoms with Gasteiger partial charge >= 0.3 is 5.69 Å². The predicted octanol–water partition coefficient (Wildman–Crippen LogP) is -0.590. The monoisotopic (exact) mass is 328 g/mol. The number of aryl methyl sites for hydroxylation is 2. The molecule has 9 nitrogen and oxygen atoms in total. The highest BCUT2D eigenvalue weighted by molar-refractivity contribution is 5.91. The van der Waals surface area contributed by atoms with E-state index in [2.05, 4.69) is 15.5 Å². The van der Waals surface area contributed by atoms with Crippen molar-refractivity contribution in [2.24, 2.45) is 7.05 Å². The van der Waals surface area contributed by atoms with Crippen molar-refractivity contribution in [3.8, 4) is 0 Å². The molecule has 0 aliphatic carbocycles. The van der Waals surface area contributed by atoms with E-state index in [1.807, 2.05) is 6.07 Å². The predicted molar refractivity (Wildman–Crippen MR) is 85.9 cm³/mol. The molecular formula is C15H16N6O3. The maximum Gasteiger partial charge on any atom is 0.350 e.